The third kappa shape index (κ3) is 6.08. The third-order valence-corrected chi connectivity index (χ3v) is 6.30. The molecular weight excluding hydrogens is 515 g/mol. The zero-order valence-electron chi connectivity index (χ0n) is 18.6. The van der Waals surface area contributed by atoms with E-state index in [-0.39, 0.29) is 22.6 Å². The maximum atomic E-state index is 13.1. The van der Waals surface area contributed by atoms with Crippen molar-refractivity contribution in [2.45, 2.75) is 23.5 Å². The van der Waals surface area contributed by atoms with Crippen LogP contribution in [0.5, 0.6) is 11.5 Å². The summed E-state index contributed by atoms with van der Waals surface area (Å²) in [7, 11) is 1.80. The van der Waals surface area contributed by atoms with Gasteiger partial charge in [0.15, 0.2) is 5.16 Å². The van der Waals surface area contributed by atoms with Crippen LogP contribution in [0, 0.1) is 11.3 Å². The molecule has 0 atom stereocenters. The zero-order chi connectivity index (χ0) is 25.9. The summed E-state index contributed by atoms with van der Waals surface area (Å²) < 4.78 is 46.5. The highest BCUT2D eigenvalue weighted by Crippen LogP contribution is 2.38. The number of hydrogen-bond donors (Lipinski definition) is 1. The molecule has 1 N–H and O–H groups in total. The number of nitrogens with one attached hydrogen (secondary N) is 1. The summed E-state index contributed by atoms with van der Waals surface area (Å²) >= 11 is 6.91. The lowest BCUT2D eigenvalue weighted by molar-refractivity contribution is -0.137. The highest BCUT2D eigenvalue weighted by molar-refractivity contribution is 7.98. The minimum atomic E-state index is -4.64. The molecule has 7 nitrogen and oxygen atoms in total. The fourth-order valence-corrected chi connectivity index (χ4v) is 4.29. The molecule has 0 bridgehead atoms. The van der Waals surface area contributed by atoms with Crippen LogP contribution < -0.4 is 10.3 Å². The fourth-order valence-electron chi connectivity index (χ4n) is 3.29. The number of aromatic nitrogens is 4. The smallest absolute Gasteiger partial charge is 0.417 e. The fraction of sp³-hybridized carbons (Fsp3) is 0.167. The van der Waals surface area contributed by atoms with Gasteiger partial charge in [-0.2, -0.15) is 23.5 Å². The Morgan fingerprint density at radius 2 is 2.00 bits per heavy atom. The van der Waals surface area contributed by atoms with Gasteiger partial charge in [0.2, 0.25) is 0 Å². The number of nitrogens with zero attached hydrogens (tertiary/aromatic N) is 4. The van der Waals surface area contributed by atoms with Crippen molar-refractivity contribution < 1.29 is 17.9 Å². The van der Waals surface area contributed by atoms with E-state index < -0.39 is 16.8 Å². The summed E-state index contributed by atoms with van der Waals surface area (Å²) in [6, 6.07) is 9.91. The van der Waals surface area contributed by atoms with Crippen molar-refractivity contribution in [3.05, 3.63) is 98.2 Å². The second-order valence-corrected chi connectivity index (χ2v) is 9.09. The molecule has 0 aliphatic heterocycles. The lowest BCUT2D eigenvalue weighted by Gasteiger charge is -2.13. The summed E-state index contributed by atoms with van der Waals surface area (Å²) in [5.41, 5.74) is 1.00. The van der Waals surface area contributed by atoms with Crippen molar-refractivity contribution in [3.63, 3.8) is 0 Å². The normalized spacial score (nSPS) is 11.3. The molecule has 2 heterocycles. The van der Waals surface area contributed by atoms with Gasteiger partial charge < -0.3 is 9.72 Å². The molecule has 0 aliphatic carbocycles. The monoisotopic (exact) mass is 531 g/mol. The van der Waals surface area contributed by atoms with E-state index in [4.69, 9.17) is 16.3 Å². The molecule has 2 aromatic carbocycles. The number of aromatic amines is 1. The van der Waals surface area contributed by atoms with Crippen LogP contribution in [0.4, 0.5) is 13.2 Å². The summed E-state index contributed by atoms with van der Waals surface area (Å²) in [5.74, 6) is 0.394. The first-order chi connectivity index (χ1) is 17.1. The molecule has 0 spiro atoms. The van der Waals surface area contributed by atoms with E-state index in [0.29, 0.717) is 22.9 Å². The van der Waals surface area contributed by atoms with Gasteiger partial charge in [0.25, 0.3) is 5.56 Å². The molecule has 0 fully saturated rings. The average molecular weight is 532 g/mol. The number of hydrogen-bond acceptors (Lipinski definition) is 6. The second kappa shape index (κ2) is 10.5. The molecule has 0 unspecified atom stereocenters. The van der Waals surface area contributed by atoms with E-state index in [1.165, 1.54) is 30.1 Å². The van der Waals surface area contributed by atoms with Gasteiger partial charge in [0.1, 0.15) is 17.6 Å². The zero-order valence-corrected chi connectivity index (χ0v) is 20.2. The van der Waals surface area contributed by atoms with Crippen LogP contribution in [0.1, 0.15) is 27.8 Å². The van der Waals surface area contributed by atoms with Crippen molar-refractivity contribution in [2.75, 3.05) is 0 Å². The van der Waals surface area contributed by atoms with Gasteiger partial charge in [-0.1, -0.05) is 29.4 Å². The lowest BCUT2D eigenvalue weighted by Crippen LogP contribution is -2.14. The summed E-state index contributed by atoms with van der Waals surface area (Å²) in [4.78, 5) is 19.5. The Balaban J connectivity index is 1.44. The van der Waals surface area contributed by atoms with Gasteiger partial charge in [0, 0.05) is 37.2 Å². The quantitative estimate of drug-likeness (QED) is 0.242. The number of benzene rings is 2. The van der Waals surface area contributed by atoms with Crippen LogP contribution in [0.2, 0.25) is 5.02 Å². The average Bonchev–Trinajstić information content (AvgIpc) is 3.25. The number of ether oxygens (including phenoxy) is 1. The van der Waals surface area contributed by atoms with E-state index in [1.54, 1.807) is 30.1 Å². The highest BCUT2D eigenvalue weighted by Gasteiger charge is 2.33. The molecule has 36 heavy (non-hydrogen) atoms. The molecule has 4 aromatic rings. The highest BCUT2D eigenvalue weighted by atomic mass is 35.5. The number of nitriles is 1. The number of aryl methyl sites for hydroxylation is 1. The van der Waals surface area contributed by atoms with Gasteiger partial charge >= 0.3 is 6.18 Å². The number of rotatable bonds is 7. The standard InChI is InChI=1S/C24H17ClF3N5O2S/c1-33-12-15(10-31-33)7-17-11-30-23(32-22(17)34)36-13-14-2-5-21(16(6-14)9-29)35-18-3-4-20(25)19(8-18)24(26,27)28/h2-6,8,10-12H,7,13H2,1H3,(H,30,32,34). The van der Waals surface area contributed by atoms with E-state index >= 15 is 0 Å². The lowest BCUT2D eigenvalue weighted by atomic mass is 10.1. The van der Waals surface area contributed by atoms with Gasteiger partial charge in [-0.05, 0) is 41.5 Å². The minimum absolute atomic E-state index is 0.0986. The molecule has 0 radical (unpaired) electrons. The molecule has 0 aliphatic rings. The molecule has 0 saturated carbocycles. The number of thioether (sulfide) groups is 1. The Bertz CT molecular complexity index is 1510. The topological polar surface area (TPSA) is 96.6 Å². The molecule has 12 heteroatoms. The Morgan fingerprint density at radius 3 is 2.67 bits per heavy atom. The second-order valence-electron chi connectivity index (χ2n) is 7.71. The molecule has 2 aromatic heterocycles. The third-order valence-electron chi connectivity index (χ3n) is 5.01. The van der Waals surface area contributed by atoms with E-state index in [0.717, 1.165) is 23.3 Å². The largest absolute Gasteiger partial charge is 0.456 e. The first-order valence-corrected chi connectivity index (χ1v) is 11.7. The van der Waals surface area contributed by atoms with Crippen molar-refractivity contribution in [1.29, 1.82) is 5.26 Å². The SMILES string of the molecule is Cn1cc(Cc2cnc(SCc3ccc(Oc4ccc(Cl)c(C(F)(F)F)c4)c(C#N)c3)[nH]c2=O)cn1. The molecular formula is C24H17ClF3N5O2S. The molecule has 0 amide bonds. The van der Waals surface area contributed by atoms with Crippen LogP contribution in [-0.4, -0.2) is 19.7 Å². The predicted molar refractivity (Wildman–Crippen MR) is 128 cm³/mol. The maximum absolute atomic E-state index is 13.1. The van der Waals surface area contributed by atoms with Gasteiger partial charge in [0.05, 0.1) is 22.3 Å². The number of H-pyrrole nitrogens is 1. The molecule has 184 valence electrons. The van der Waals surface area contributed by atoms with Crippen molar-refractivity contribution in [1.82, 2.24) is 19.7 Å². The number of alkyl halides is 3. The van der Waals surface area contributed by atoms with Crippen LogP contribution in [-0.2, 0) is 25.4 Å². The van der Waals surface area contributed by atoms with Gasteiger partial charge in [-0.3, -0.25) is 9.48 Å². The van der Waals surface area contributed by atoms with E-state index in [1.807, 2.05) is 12.3 Å². The maximum Gasteiger partial charge on any atom is 0.417 e. The van der Waals surface area contributed by atoms with E-state index in [9.17, 15) is 23.2 Å². The van der Waals surface area contributed by atoms with Crippen LogP contribution >= 0.6 is 23.4 Å². The first-order valence-electron chi connectivity index (χ1n) is 10.4. The predicted octanol–water partition coefficient (Wildman–Crippen LogP) is 5.72. The minimum Gasteiger partial charge on any atom is -0.456 e. The first kappa shape index (κ1) is 25.3. The Labute approximate surface area is 212 Å². The van der Waals surface area contributed by atoms with Crippen molar-refractivity contribution in [2.24, 2.45) is 7.05 Å². The van der Waals surface area contributed by atoms with Crippen molar-refractivity contribution in [3.8, 4) is 17.6 Å². The van der Waals surface area contributed by atoms with Crippen LogP contribution in [0.3, 0.4) is 0 Å². The Kier molecular flexibility index (Phi) is 7.37. The Morgan fingerprint density at radius 1 is 1.19 bits per heavy atom. The number of halogens is 4. The van der Waals surface area contributed by atoms with Gasteiger partial charge in [-0.25, -0.2) is 4.98 Å². The Hall–Kier alpha value is -3.75. The summed E-state index contributed by atoms with van der Waals surface area (Å²) in [6.07, 6.45) is 0.801. The van der Waals surface area contributed by atoms with Crippen molar-refractivity contribution >= 4 is 23.4 Å². The summed E-state index contributed by atoms with van der Waals surface area (Å²) in [5, 5.41) is 13.6. The molecule has 4 rings (SSSR count). The molecule has 0 saturated heterocycles. The van der Waals surface area contributed by atoms with Gasteiger partial charge in [-0.15, -0.1) is 0 Å². The van der Waals surface area contributed by atoms with Crippen LogP contribution in [0.25, 0.3) is 0 Å². The van der Waals surface area contributed by atoms with E-state index in [2.05, 4.69) is 15.1 Å². The van der Waals surface area contributed by atoms with Crippen LogP contribution in [0.15, 0.2) is 64.9 Å². The summed E-state index contributed by atoms with van der Waals surface area (Å²) in [6.45, 7) is 0.